The highest BCUT2D eigenvalue weighted by atomic mass is 32.1. The minimum absolute atomic E-state index is 0.116. The van der Waals surface area contributed by atoms with Crippen LogP contribution in [0.4, 0.5) is 0 Å². The van der Waals surface area contributed by atoms with Crippen LogP contribution in [0.5, 0.6) is 0 Å². The topological polar surface area (TPSA) is 46.4 Å². The summed E-state index contributed by atoms with van der Waals surface area (Å²) in [5.74, 6) is 2.84. The van der Waals surface area contributed by atoms with Gasteiger partial charge >= 0.3 is 0 Å². The van der Waals surface area contributed by atoms with Crippen molar-refractivity contribution in [3.05, 3.63) is 15.9 Å². The second-order valence-electron chi connectivity index (χ2n) is 10.9. The molecule has 5 saturated carbocycles. The Morgan fingerprint density at radius 3 is 2.33 bits per heavy atom. The summed E-state index contributed by atoms with van der Waals surface area (Å²) >= 11 is 1.74. The number of thiazole rings is 1. The van der Waals surface area contributed by atoms with Crippen molar-refractivity contribution < 1.29 is 4.79 Å². The zero-order valence-corrected chi connectivity index (χ0v) is 19.5. The first-order chi connectivity index (χ1) is 14.6. The summed E-state index contributed by atoms with van der Waals surface area (Å²) in [5.41, 5.74) is 1.28. The molecule has 0 radical (unpaired) electrons. The van der Waals surface area contributed by atoms with Crippen molar-refractivity contribution in [3.8, 4) is 0 Å². The first kappa shape index (κ1) is 20.8. The number of nitrogens with one attached hydrogen (secondary N) is 1. The largest absolute Gasteiger partial charge is 0.350 e. The van der Waals surface area contributed by atoms with Crippen LogP contribution in [-0.4, -0.2) is 22.1 Å². The molecule has 4 bridgehead atoms. The Labute approximate surface area is 185 Å². The molecule has 1 N–H and O–H groups in total. The zero-order chi connectivity index (χ0) is 20.6. The Morgan fingerprint density at radius 1 is 1.10 bits per heavy atom. The molecule has 166 valence electrons. The van der Waals surface area contributed by atoms with E-state index >= 15 is 0 Å². The van der Waals surface area contributed by atoms with Gasteiger partial charge in [0.15, 0.2) is 4.80 Å². The van der Waals surface area contributed by atoms with Crippen LogP contribution in [0.1, 0.15) is 96.1 Å². The number of carbonyl (C=O) groups is 1. The van der Waals surface area contributed by atoms with Crippen LogP contribution >= 0.6 is 11.3 Å². The number of carbonyl (C=O) groups excluding carboxylic acids is 1. The standard InChI is InChI=1S/C25H39N3OS/c1-2-9-28-22(17-30-24(28)26-21-7-5-3-4-6-8-21)13-23(29)27-25-14-18-10-19(15-25)12-20(11-18)16-25/h17-21H,2-16H2,1H3,(H,27,29). The summed E-state index contributed by atoms with van der Waals surface area (Å²) in [7, 11) is 0. The lowest BCUT2D eigenvalue weighted by Gasteiger charge is -2.56. The van der Waals surface area contributed by atoms with Crippen LogP contribution in [0.15, 0.2) is 10.4 Å². The van der Waals surface area contributed by atoms with E-state index in [0.29, 0.717) is 12.5 Å². The first-order valence-electron chi connectivity index (χ1n) is 12.6. The Bertz CT molecular complexity index is 779. The van der Waals surface area contributed by atoms with Gasteiger partial charge in [-0.15, -0.1) is 11.3 Å². The van der Waals surface area contributed by atoms with Gasteiger partial charge in [-0.3, -0.25) is 9.79 Å². The number of hydrogen-bond donors (Lipinski definition) is 1. The van der Waals surface area contributed by atoms with Crippen LogP contribution in [0.2, 0.25) is 0 Å². The van der Waals surface area contributed by atoms with E-state index in [4.69, 9.17) is 4.99 Å². The Kier molecular flexibility index (Phi) is 6.10. The summed E-state index contributed by atoms with van der Waals surface area (Å²) in [4.78, 5) is 19.4. The summed E-state index contributed by atoms with van der Waals surface area (Å²) in [5, 5.41) is 5.76. The van der Waals surface area contributed by atoms with Crippen LogP contribution in [0.25, 0.3) is 0 Å². The Balaban J connectivity index is 1.29. The smallest absolute Gasteiger partial charge is 0.226 e. The number of nitrogens with zero attached hydrogens (tertiary/aromatic N) is 2. The summed E-state index contributed by atoms with van der Waals surface area (Å²) in [6.45, 7) is 3.19. The zero-order valence-electron chi connectivity index (χ0n) is 18.7. The van der Waals surface area contributed by atoms with E-state index < -0.39 is 0 Å². The van der Waals surface area contributed by atoms with Crippen molar-refractivity contribution >= 4 is 17.2 Å². The fourth-order valence-corrected chi connectivity index (χ4v) is 8.38. The van der Waals surface area contributed by atoms with E-state index in [0.717, 1.165) is 41.2 Å². The van der Waals surface area contributed by atoms with Crippen LogP contribution in [0, 0.1) is 17.8 Å². The van der Waals surface area contributed by atoms with Crippen molar-refractivity contribution in [2.45, 2.75) is 115 Å². The molecule has 5 aliphatic rings. The lowest BCUT2D eigenvalue weighted by Crippen LogP contribution is -2.60. The predicted octanol–water partition coefficient (Wildman–Crippen LogP) is 5.21. The fourth-order valence-electron chi connectivity index (χ4n) is 7.38. The molecule has 4 nitrogen and oxygen atoms in total. The number of rotatable bonds is 6. The molecule has 1 aromatic rings. The molecule has 1 amide bonds. The van der Waals surface area contributed by atoms with E-state index in [1.54, 1.807) is 11.3 Å². The number of aromatic nitrogens is 1. The van der Waals surface area contributed by atoms with Gasteiger partial charge in [0.05, 0.1) is 12.5 Å². The molecule has 0 unspecified atom stereocenters. The van der Waals surface area contributed by atoms with E-state index in [-0.39, 0.29) is 11.4 Å². The number of amides is 1. The van der Waals surface area contributed by atoms with E-state index in [9.17, 15) is 4.79 Å². The molecule has 5 fully saturated rings. The third kappa shape index (κ3) is 4.42. The third-order valence-electron chi connectivity index (χ3n) is 8.23. The molecule has 0 saturated heterocycles. The summed E-state index contributed by atoms with van der Waals surface area (Å²) < 4.78 is 2.34. The molecule has 5 heteroatoms. The highest BCUT2D eigenvalue weighted by Crippen LogP contribution is 2.55. The molecule has 0 spiro atoms. The monoisotopic (exact) mass is 429 g/mol. The van der Waals surface area contributed by atoms with Crippen LogP contribution in [-0.2, 0) is 17.8 Å². The molecule has 0 aliphatic heterocycles. The van der Waals surface area contributed by atoms with Gasteiger partial charge in [-0.1, -0.05) is 32.6 Å². The second-order valence-corrected chi connectivity index (χ2v) is 11.7. The van der Waals surface area contributed by atoms with Gasteiger partial charge in [0.2, 0.25) is 5.91 Å². The fraction of sp³-hybridized carbons (Fsp3) is 0.840. The van der Waals surface area contributed by atoms with E-state index in [1.807, 2.05) is 0 Å². The van der Waals surface area contributed by atoms with Crippen molar-refractivity contribution in [1.29, 1.82) is 0 Å². The summed E-state index contributed by atoms with van der Waals surface area (Å²) in [6, 6.07) is 0.475. The second kappa shape index (κ2) is 8.80. The van der Waals surface area contributed by atoms with Crippen LogP contribution in [0.3, 0.4) is 0 Å². The average Bonchev–Trinajstić information content (AvgIpc) is 2.88. The maximum absolute atomic E-state index is 13.1. The van der Waals surface area contributed by atoms with Crippen molar-refractivity contribution in [2.24, 2.45) is 22.7 Å². The number of hydrogen-bond acceptors (Lipinski definition) is 3. The molecule has 30 heavy (non-hydrogen) atoms. The first-order valence-corrected chi connectivity index (χ1v) is 13.5. The highest BCUT2D eigenvalue weighted by Gasteiger charge is 2.51. The highest BCUT2D eigenvalue weighted by molar-refractivity contribution is 7.07. The molecule has 1 aromatic heterocycles. The lowest BCUT2D eigenvalue weighted by molar-refractivity contribution is -0.126. The molecule has 0 atom stereocenters. The predicted molar refractivity (Wildman–Crippen MR) is 122 cm³/mol. The van der Waals surface area contributed by atoms with Crippen LogP contribution < -0.4 is 10.1 Å². The SMILES string of the molecule is CCCn1c(CC(=O)NC23CC4CC(CC(C4)C2)C3)csc1=NC1CCCCCC1. The van der Waals surface area contributed by atoms with Gasteiger partial charge in [0.25, 0.3) is 0 Å². The third-order valence-corrected chi connectivity index (χ3v) is 9.15. The molecule has 6 rings (SSSR count). The van der Waals surface area contributed by atoms with Gasteiger partial charge in [-0.25, -0.2) is 0 Å². The lowest BCUT2D eigenvalue weighted by atomic mass is 9.53. The van der Waals surface area contributed by atoms with Gasteiger partial charge in [0, 0.05) is 23.2 Å². The van der Waals surface area contributed by atoms with Gasteiger partial charge < -0.3 is 9.88 Å². The average molecular weight is 430 g/mol. The molecule has 1 heterocycles. The van der Waals surface area contributed by atoms with Crippen molar-refractivity contribution in [3.63, 3.8) is 0 Å². The Hall–Kier alpha value is -1.10. The maximum atomic E-state index is 13.1. The molecule has 5 aliphatic carbocycles. The van der Waals surface area contributed by atoms with Gasteiger partial charge in [-0.05, 0) is 75.5 Å². The minimum Gasteiger partial charge on any atom is -0.350 e. The van der Waals surface area contributed by atoms with Gasteiger partial charge in [-0.2, -0.15) is 0 Å². The molecular weight excluding hydrogens is 390 g/mol. The maximum Gasteiger partial charge on any atom is 0.226 e. The quantitative estimate of drug-likeness (QED) is 0.620. The molecular formula is C25H39N3OS. The molecule has 0 aromatic carbocycles. The normalized spacial score (nSPS) is 34.3. The Morgan fingerprint density at radius 2 is 1.73 bits per heavy atom. The van der Waals surface area contributed by atoms with E-state index in [1.165, 1.54) is 77.0 Å². The van der Waals surface area contributed by atoms with Gasteiger partial charge in [0.1, 0.15) is 0 Å². The minimum atomic E-state index is 0.116. The van der Waals surface area contributed by atoms with Crippen molar-refractivity contribution in [2.75, 3.05) is 0 Å². The van der Waals surface area contributed by atoms with Crippen molar-refractivity contribution in [1.82, 2.24) is 9.88 Å². The summed E-state index contributed by atoms with van der Waals surface area (Å²) in [6.07, 6.45) is 17.3. The van der Waals surface area contributed by atoms with E-state index in [2.05, 4.69) is 22.2 Å².